The molecule has 1 saturated heterocycles. The molecule has 4 N–H and O–H groups in total. The highest BCUT2D eigenvalue weighted by molar-refractivity contribution is 7.80. The zero-order chi connectivity index (χ0) is 8.97. The third-order valence-electron chi connectivity index (χ3n) is 2.09. The van der Waals surface area contributed by atoms with Crippen LogP contribution in [0.25, 0.3) is 0 Å². The van der Waals surface area contributed by atoms with Crippen LogP contribution in [0.3, 0.4) is 0 Å². The van der Waals surface area contributed by atoms with Crippen molar-refractivity contribution in [3.63, 3.8) is 0 Å². The lowest BCUT2D eigenvalue weighted by Crippen LogP contribution is -2.50. The van der Waals surface area contributed by atoms with Gasteiger partial charge in [-0.15, -0.1) is 0 Å². The molecule has 0 aliphatic carbocycles. The molecule has 70 valence electrons. The fraction of sp³-hybridized carbons (Fsp3) is 0.857. The second kappa shape index (κ2) is 4.59. The van der Waals surface area contributed by atoms with Gasteiger partial charge in [-0.3, -0.25) is 0 Å². The maximum absolute atomic E-state index is 5.16. The third kappa shape index (κ3) is 2.92. The van der Waals surface area contributed by atoms with Gasteiger partial charge in [0.1, 0.15) is 0 Å². The number of nitrogens with one attached hydrogen (secondary N) is 2. The van der Waals surface area contributed by atoms with Crippen LogP contribution < -0.4 is 16.6 Å². The summed E-state index contributed by atoms with van der Waals surface area (Å²) in [5.74, 6) is 5.16. The first kappa shape index (κ1) is 9.70. The van der Waals surface area contributed by atoms with Crippen LogP contribution in [0.1, 0.15) is 12.8 Å². The van der Waals surface area contributed by atoms with E-state index in [1.165, 1.54) is 19.4 Å². The lowest BCUT2D eigenvalue weighted by molar-refractivity contribution is 0.241. The van der Waals surface area contributed by atoms with Crippen LogP contribution in [-0.2, 0) is 0 Å². The van der Waals surface area contributed by atoms with E-state index in [-0.39, 0.29) is 0 Å². The van der Waals surface area contributed by atoms with Gasteiger partial charge >= 0.3 is 0 Å². The van der Waals surface area contributed by atoms with Gasteiger partial charge in [-0.1, -0.05) is 0 Å². The minimum Gasteiger partial charge on any atom is -0.358 e. The number of likely N-dealkylation sites (tertiary alicyclic amines) is 1. The van der Waals surface area contributed by atoms with E-state index < -0.39 is 0 Å². The summed E-state index contributed by atoms with van der Waals surface area (Å²) in [6, 6.07) is 0.451. The van der Waals surface area contributed by atoms with Gasteiger partial charge in [-0.05, 0) is 38.7 Å². The van der Waals surface area contributed by atoms with Crippen LogP contribution in [0.4, 0.5) is 0 Å². The highest BCUT2D eigenvalue weighted by atomic mass is 32.1. The molecule has 1 unspecified atom stereocenters. The van der Waals surface area contributed by atoms with Crippen LogP contribution in [0, 0.1) is 0 Å². The van der Waals surface area contributed by atoms with Crippen molar-refractivity contribution in [3.8, 4) is 0 Å². The van der Waals surface area contributed by atoms with Gasteiger partial charge in [0.25, 0.3) is 0 Å². The largest absolute Gasteiger partial charge is 0.358 e. The maximum Gasteiger partial charge on any atom is 0.180 e. The lowest BCUT2D eigenvalue weighted by Gasteiger charge is -2.30. The average Bonchev–Trinajstić information content (AvgIpc) is 2.04. The minimum atomic E-state index is 0.451. The first-order valence-corrected chi connectivity index (χ1v) is 4.59. The Bertz CT molecular complexity index is 161. The molecule has 4 nitrogen and oxygen atoms in total. The Hall–Kier alpha value is -0.390. The lowest BCUT2D eigenvalue weighted by atomic mass is 10.1. The second-order valence-electron chi connectivity index (χ2n) is 3.22. The van der Waals surface area contributed by atoms with E-state index in [1.807, 2.05) is 0 Å². The van der Waals surface area contributed by atoms with Gasteiger partial charge in [0.15, 0.2) is 5.11 Å². The Morgan fingerprint density at radius 3 is 3.00 bits per heavy atom. The molecule has 1 aliphatic rings. The Labute approximate surface area is 78.5 Å². The van der Waals surface area contributed by atoms with Crippen LogP contribution in [-0.4, -0.2) is 36.2 Å². The average molecular weight is 188 g/mol. The minimum absolute atomic E-state index is 0.451. The third-order valence-corrected chi connectivity index (χ3v) is 2.33. The number of rotatable bonds is 1. The summed E-state index contributed by atoms with van der Waals surface area (Å²) in [6.45, 7) is 2.23. The van der Waals surface area contributed by atoms with Crippen molar-refractivity contribution in [1.82, 2.24) is 15.6 Å². The molecule has 0 aromatic carbocycles. The molecule has 12 heavy (non-hydrogen) atoms. The first-order chi connectivity index (χ1) is 5.72. The molecule has 0 aromatic heterocycles. The van der Waals surface area contributed by atoms with Crippen molar-refractivity contribution in [2.24, 2.45) is 5.84 Å². The molecule has 1 atom stereocenters. The van der Waals surface area contributed by atoms with Crippen LogP contribution in [0.2, 0.25) is 0 Å². The fourth-order valence-electron chi connectivity index (χ4n) is 1.51. The molecule has 1 heterocycles. The molecule has 0 amide bonds. The van der Waals surface area contributed by atoms with E-state index >= 15 is 0 Å². The van der Waals surface area contributed by atoms with E-state index in [9.17, 15) is 0 Å². The summed E-state index contributed by atoms with van der Waals surface area (Å²) in [5.41, 5.74) is 2.43. The topological polar surface area (TPSA) is 53.3 Å². The van der Waals surface area contributed by atoms with Crippen molar-refractivity contribution < 1.29 is 0 Å². The van der Waals surface area contributed by atoms with Crippen molar-refractivity contribution in [3.05, 3.63) is 0 Å². The van der Waals surface area contributed by atoms with Crippen molar-refractivity contribution in [1.29, 1.82) is 0 Å². The van der Waals surface area contributed by atoms with Crippen LogP contribution in [0.15, 0.2) is 0 Å². The van der Waals surface area contributed by atoms with Gasteiger partial charge in [0, 0.05) is 12.6 Å². The number of piperidine rings is 1. The van der Waals surface area contributed by atoms with E-state index in [1.54, 1.807) is 0 Å². The van der Waals surface area contributed by atoms with Crippen molar-refractivity contribution in [2.75, 3.05) is 20.1 Å². The molecular formula is C7H16N4S. The Balaban J connectivity index is 2.27. The summed E-state index contributed by atoms with van der Waals surface area (Å²) < 4.78 is 0. The quantitative estimate of drug-likeness (QED) is 0.292. The van der Waals surface area contributed by atoms with Gasteiger partial charge in [-0.2, -0.15) is 0 Å². The Morgan fingerprint density at radius 2 is 2.42 bits per heavy atom. The standard InChI is InChI=1S/C7H16N4S/c1-11-4-2-3-6(5-11)9-7(12)10-8/h6H,2-5,8H2,1H3,(H2,9,10,12). The smallest absolute Gasteiger partial charge is 0.180 e. The molecule has 0 saturated carbocycles. The number of hydrogen-bond acceptors (Lipinski definition) is 3. The molecule has 5 heteroatoms. The summed E-state index contributed by atoms with van der Waals surface area (Å²) in [6.07, 6.45) is 2.40. The highest BCUT2D eigenvalue weighted by Gasteiger charge is 2.16. The van der Waals surface area contributed by atoms with E-state index in [2.05, 4.69) is 22.7 Å². The Morgan fingerprint density at radius 1 is 1.67 bits per heavy atom. The second-order valence-corrected chi connectivity index (χ2v) is 3.63. The molecule has 1 aliphatic heterocycles. The number of hydrazine groups is 1. The van der Waals surface area contributed by atoms with Gasteiger partial charge in [-0.25, -0.2) is 5.84 Å². The molecular weight excluding hydrogens is 172 g/mol. The molecule has 1 fully saturated rings. The van der Waals surface area contributed by atoms with Crippen molar-refractivity contribution >= 4 is 17.3 Å². The molecule has 0 radical (unpaired) electrons. The van der Waals surface area contributed by atoms with Crippen LogP contribution in [0.5, 0.6) is 0 Å². The number of nitrogens with two attached hydrogens (primary N) is 1. The van der Waals surface area contributed by atoms with E-state index in [0.29, 0.717) is 11.2 Å². The number of hydrogen-bond donors (Lipinski definition) is 3. The number of thiocarbonyl (C=S) groups is 1. The number of likely N-dealkylation sites (N-methyl/N-ethyl adjacent to an activating group) is 1. The zero-order valence-corrected chi connectivity index (χ0v) is 8.16. The normalized spacial score (nSPS) is 25.0. The zero-order valence-electron chi connectivity index (χ0n) is 7.34. The number of nitrogens with zero attached hydrogens (tertiary/aromatic N) is 1. The van der Waals surface area contributed by atoms with E-state index in [0.717, 1.165) is 6.54 Å². The highest BCUT2D eigenvalue weighted by Crippen LogP contribution is 2.07. The first-order valence-electron chi connectivity index (χ1n) is 4.18. The molecule has 0 aromatic rings. The van der Waals surface area contributed by atoms with E-state index in [4.69, 9.17) is 18.1 Å². The predicted molar refractivity (Wildman–Crippen MR) is 53.6 cm³/mol. The summed E-state index contributed by atoms with van der Waals surface area (Å²) in [5, 5.41) is 3.69. The van der Waals surface area contributed by atoms with Gasteiger partial charge in [0.2, 0.25) is 0 Å². The monoisotopic (exact) mass is 188 g/mol. The Kier molecular flexibility index (Phi) is 3.71. The summed E-state index contributed by atoms with van der Waals surface area (Å²) in [4.78, 5) is 2.29. The summed E-state index contributed by atoms with van der Waals surface area (Å²) >= 11 is 4.91. The molecule has 1 rings (SSSR count). The maximum atomic E-state index is 5.16. The van der Waals surface area contributed by atoms with Crippen LogP contribution >= 0.6 is 12.2 Å². The SMILES string of the molecule is CN1CCCC(NC(=S)NN)C1. The van der Waals surface area contributed by atoms with Crippen molar-refractivity contribution in [2.45, 2.75) is 18.9 Å². The predicted octanol–water partition coefficient (Wildman–Crippen LogP) is -0.582. The molecule has 0 bridgehead atoms. The van der Waals surface area contributed by atoms with Gasteiger partial charge < -0.3 is 15.6 Å². The molecule has 0 spiro atoms. The van der Waals surface area contributed by atoms with Gasteiger partial charge in [0.05, 0.1) is 0 Å². The summed E-state index contributed by atoms with van der Waals surface area (Å²) in [7, 11) is 2.12. The fourth-order valence-corrected chi connectivity index (χ4v) is 1.68.